The van der Waals surface area contributed by atoms with E-state index in [2.05, 4.69) is 31.0 Å². The molecule has 76 valence electrons. The van der Waals surface area contributed by atoms with Gasteiger partial charge in [-0.15, -0.1) is 0 Å². The molecule has 2 rings (SSSR count). The van der Waals surface area contributed by atoms with Gasteiger partial charge >= 0.3 is 0 Å². The average molecular weight is 186 g/mol. The lowest BCUT2D eigenvalue weighted by atomic mass is 9.99. The number of alkyl halides is 1. The lowest BCUT2D eigenvalue weighted by Gasteiger charge is -2.37. The summed E-state index contributed by atoms with van der Waals surface area (Å²) in [5.41, 5.74) is 0.107. The molecule has 0 amide bonds. The number of nitrogens with zero attached hydrogens (tertiary/aromatic N) is 1. The molecule has 0 aromatic heterocycles. The molecule has 3 atom stereocenters. The number of hydrogen-bond acceptors (Lipinski definition) is 2. The van der Waals surface area contributed by atoms with Crippen LogP contribution in [0.2, 0.25) is 0 Å². The number of nitrogens with one attached hydrogen (secondary N) is 1. The predicted octanol–water partition coefficient (Wildman–Crippen LogP) is 1.03. The summed E-state index contributed by atoms with van der Waals surface area (Å²) in [4.78, 5) is 2.31. The Hall–Kier alpha value is -0.150. The molecule has 2 fully saturated rings. The highest BCUT2D eigenvalue weighted by molar-refractivity contribution is 5.02. The standard InChI is InChI=1S/C10H19FN2/c1-10(2,3)13-6-7-4-12-5-8(13)9(7)11/h7-9,12H,4-6H2,1-3H3. The minimum atomic E-state index is -0.611. The third-order valence-electron chi connectivity index (χ3n) is 3.27. The number of rotatable bonds is 0. The molecule has 0 aromatic rings. The first-order chi connectivity index (χ1) is 6.00. The fourth-order valence-electron chi connectivity index (χ4n) is 2.56. The van der Waals surface area contributed by atoms with Crippen LogP contribution < -0.4 is 5.32 Å². The van der Waals surface area contributed by atoms with E-state index in [9.17, 15) is 4.39 Å². The van der Waals surface area contributed by atoms with Crippen LogP contribution in [0, 0.1) is 5.92 Å². The number of halogens is 1. The van der Waals surface area contributed by atoms with Crippen molar-refractivity contribution in [3.63, 3.8) is 0 Å². The van der Waals surface area contributed by atoms with Gasteiger partial charge in [-0.3, -0.25) is 4.90 Å². The Morgan fingerprint density at radius 2 is 2.00 bits per heavy atom. The van der Waals surface area contributed by atoms with Gasteiger partial charge in [0.1, 0.15) is 6.17 Å². The highest BCUT2D eigenvalue weighted by Gasteiger charge is 2.47. The molecule has 2 bridgehead atoms. The second kappa shape index (κ2) is 2.92. The van der Waals surface area contributed by atoms with Gasteiger partial charge in [-0.25, -0.2) is 4.39 Å². The molecule has 2 saturated heterocycles. The molecule has 1 N–H and O–H groups in total. The number of fused-ring (bicyclic) bond motifs is 2. The van der Waals surface area contributed by atoms with Gasteiger partial charge in [0.05, 0.1) is 6.04 Å². The second-order valence-corrected chi connectivity index (χ2v) is 5.25. The molecule has 3 heteroatoms. The van der Waals surface area contributed by atoms with Gasteiger partial charge in [0.25, 0.3) is 0 Å². The van der Waals surface area contributed by atoms with E-state index in [0.717, 1.165) is 19.6 Å². The van der Waals surface area contributed by atoms with Crippen molar-refractivity contribution in [3.8, 4) is 0 Å². The number of hydrogen-bond donors (Lipinski definition) is 1. The van der Waals surface area contributed by atoms with Crippen LogP contribution in [0.1, 0.15) is 20.8 Å². The molecule has 13 heavy (non-hydrogen) atoms. The average Bonchev–Trinajstić information content (AvgIpc) is 2.27. The summed E-state index contributed by atoms with van der Waals surface area (Å²) in [7, 11) is 0. The first kappa shape index (κ1) is 9.41. The predicted molar refractivity (Wildman–Crippen MR) is 51.5 cm³/mol. The van der Waals surface area contributed by atoms with Crippen LogP contribution in [-0.2, 0) is 0 Å². The van der Waals surface area contributed by atoms with Gasteiger partial charge in [-0.2, -0.15) is 0 Å². The van der Waals surface area contributed by atoms with E-state index in [0.29, 0.717) is 0 Å². The third kappa shape index (κ3) is 1.48. The van der Waals surface area contributed by atoms with E-state index in [-0.39, 0.29) is 17.5 Å². The van der Waals surface area contributed by atoms with Crippen molar-refractivity contribution < 1.29 is 4.39 Å². The van der Waals surface area contributed by atoms with E-state index in [4.69, 9.17) is 0 Å². The molecule has 0 aromatic carbocycles. The van der Waals surface area contributed by atoms with E-state index < -0.39 is 6.17 Å². The Morgan fingerprint density at radius 3 is 2.54 bits per heavy atom. The normalized spacial score (nSPS) is 41.1. The summed E-state index contributed by atoms with van der Waals surface area (Å²) >= 11 is 0. The van der Waals surface area contributed by atoms with E-state index in [1.54, 1.807) is 0 Å². The molecule has 2 aliphatic heterocycles. The summed E-state index contributed by atoms with van der Waals surface area (Å²) < 4.78 is 13.7. The maximum absolute atomic E-state index is 13.7. The van der Waals surface area contributed by atoms with Crippen molar-refractivity contribution in [2.75, 3.05) is 19.6 Å². The first-order valence-corrected chi connectivity index (χ1v) is 5.11. The summed E-state index contributed by atoms with van der Waals surface area (Å²) in [6.07, 6.45) is -0.611. The van der Waals surface area contributed by atoms with Crippen LogP contribution in [0.4, 0.5) is 4.39 Å². The van der Waals surface area contributed by atoms with E-state index in [1.807, 2.05) is 0 Å². The van der Waals surface area contributed by atoms with Gasteiger partial charge in [-0.1, -0.05) is 0 Å². The van der Waals surface area contributed by atoms with Gasteiger partial charge in [0.15, 0.2) is 0 Å². The van der Waals surface area contributed by atoms with Crippen molar-refractivity contribution >= 4 is 0 Å². The molecule has 0 spiro atoms. The summed E-state index contributed by atoms with van der Waals surface area (Å²) in [6, 6.07) is 0.110. The van der Waals surface area contributed by atoms with E-state index >= 15 is 0 Å². The van der Waals surface area contributed by atoms with E-state index in [1.165, 1.54) is 0 Å². The second-order valence-electron chi connectivity index (χ2n) is 5.25. The number of piperidine rings is 1. The molecule has 2 aliphatic rings. The molecular weight excluding hydrogens is 167 g/mol. The van der Waals surface area contributed by atoms with Crippen LogP contribution in [-0.4, -0.2) is 42.3 Å². The van der Waals surface area contributed by atoms with Crippen molar-refractivity contribution in [2.45, 2.75) is 38.5 Å². The Morgan fingerprint density at radius 1 is 1.31 bits per heavy atom. The Kier molecular flexibility index (Phi) is 2.11. The highest BCUT2D eigenvalue weighted by atomic mass is 19.1. The zero-order chi connectivity index (χ0) is 9.64. The summed E-state index contributed by atoms with van der Waals surface area (Å²) in [6.45, 7) is 9.09. The molecule has 0 saturated carbocycles. The zero-order valence-electron chi connectivity index (χ0n) is 8.68. The van der Waals surface area contributed by atoms with Crippen molar-refractivity contribution in [2.24, 2.45) is 5.92 Å². The lowest BCUT2D eigenvalue weighted by Crippen LogP contribution is -2.51. The maximum Gasteiger partial charge on any atom is 0.122 e. The zero-order valence-corrected chi connectivity index (χ0v) is 8.68. The smallest absolute Gasteiger partial charge is 0.122 e. The SMILES string of the molecule is CC(C)(C)N1CC2CNCC1C2F. The Labute approximate surface area is 79.5 Å². The first-order valence-electron chi connectivity index (χ1n) is 5.11. The van der Waals surface area contributed by atoms with Crippen LogP contribution >= 0.6 is 0 Å². The van der Waals surface area contributed by atoms with Gasteiger partial charge in [-0.05, 0) is 20.8 Å². The molecule has 3 unspecified atom stereocenters. The highest BCUT2D eigenvalue weighted by Crippen LogP contribution is 2.33. The number of likely N-dealkylation sites (tertiary alicyclic amines) is 1. The van der Waals surface area contributed by atoms with Crippen molar-refractivity contribution in [1.82, 2.24) is 10.2 Å². The minimum Gasteiger partial charge on any atom is -0.315 e. The molecule has 0 radical (unpaired) electrons. The molecule has 2 nitrogen and oxygen atoms in total. The molecule has 2 heterocycles. The minimum absolute atomic E-state index is 0.107. The van der Waals surface area contributed by atoms with Crippen LogP contribution in [0.3, 0.4) is 0 Å². The Balaban J connectivity index is 2.16. The fourth-order valence-corrected chi connectivity index (χ4v) is 2.56. The van der Waals surface area contributed by atoms with Crippen LogP contribution in [0.25, 0.3) is 0 Å². The monoisotopic (exact) mass is 186 g/mol. The third-order valence-corrected chi connectivity index (χ3v) is 3.27. The molecule has 0 aliphatic carbocycles. The quantitative estimate of drug-likeness (QED) is 0.608. The largest absolute Gasteiger partial charge is 0.315 e. The summed E-state index contributed by atoms with van der Waals surface area (Å²) in [5, 5.41) is 3.30. The van der Waals surface area contributed by atoms with Crippen LogP contribution in [0.15, 0.2) is 0 Å². The topological polar surface area (TPSA) is 15.3 Å². The van der Waals surface area contributed by atoms with Crippen molar-refractivity contribution in [1.29, 1.82) is 0 Å². The maximum atomic E-state index is 13.7. The van der Waals surface area contributed by atoms with Crippen LogP contribution in [0.5, 0.6) is 0 Å². The Bertz CT molecular complexity index is 200. The van der Waals surface area contributed by atoms with Gasteiger partial charge in [0.2, 0.25) is 0 Å². The van der Waals surface area contributed by atoms with Gasteiger partial charge < -0.3 is 5.32 Å². The molecular formula is C10H19FN2. The van der Waals surface area contributed by atoms with Gasteiger partial charge in [0, 0.05) is 31.1 Å². The summed E-state index contributed by atoms with van der Waals surface area (Å²) in [5.74, 6) is 0.220. The van der Waals surface area contributed by atoms with Crippen molar-refractivity contribution in [3.05, 3.63) is 0 Å². The fraction of sp³-hybridized carbons (Fsp3) is 1.00. The lowest BCUT2D eigenvalue weighted by molar-refractivity contribution is 0.0926.